The number of allylic oxidation sites excluding steroid dienone is 2. The number of amides is 3. The highest BCUT2D eigenvalue weighted by Gasteiger charge is 2.49. The van der Waals surface area contributed by atoms with Crippen LogP contribution in [0.5, 0.6) is 0 Å². The molecule has 0 aromatic heterocycles. The van der Waals surface area contributed by atoms with E-state index in [4.69, 9.17) is 4.74 Å². The molecular weight excluding hydrogens is 296 g/mol. The van der Waals surface area contributed by atoms with Crippen molar-refractivity contribution in [2.45, 2.75) is 25.7 Å². The number of nitrogens with zero attached hydrogens (tertiary/aromatic N) is 1. The maximum Gasteiger partial charge on any atom is 0.407 e. The number of fused-ring (bicyclic) bond motifs is 1. The largest absolute Gasteiger partial charge is 0.449 e. The maximum absolute atomic E-state index is 11.7. The highest BCUT2D eigenvalue weighted by molar-refractivity contribution is 6.12. The van der Waals surface area contributed by atoms with Gasteiger partial charge in [0, 0.05) is 25.2 Å². The van der Waals surface area contributed by atoms with Gasteiger partial charge in [0.25, 0.3) is 11.8 Å². The Labute approximate surface area is 135 Å². The van der Waals surface area contributed by atoms with Crippen molar-refractivity contribution in [2.24, 2.45) is 17.8 Å². The summed E-state index contributed by atoms with van der Waals surface area (Å²) in [5, 5.41) is 2.59. The van der Waals surface area contributed by atoms with Crippen molar-refractivity contribution in [1.29, 1.82) is 0 Å². The van der Waals surface area contributed by atoms with Crippen molar-refractivity contribution in [2.75, 3.05) is 19.7 Å². The Balaban J connectivity index is 1.31. The van der Waals surface area contributed by atoms with Crippen LogP contribution in [0.1, 0.15) is 25.7 Å². The van der Waals surface area contributed by atoms with Crippen LogP contribution in [0.4, 0.5) is 4.79 Å². The van der Waals surface area contributed by atoms with Gasteiger partial charge < -0.3 is 10.1 Å². The topological polar surface area (TPSA) is 75.7 Å². The molecule has 0 aromatic rings. The Kier molecular flexibility index (Phi) is 4.79. The number of hydrogen-bond donors (Lipinski definition) is 1. The van der Waals surface area contributed by atoms with Crippen molar-refractivity contribution in [3.05, 3.63) is 24.3 Å². The van der Waals surface area contributed by atoms with E-state index in [1.807, 2.05) is 0 Å². The second kappa shape index (κ2) is 6.98. The molecule has 6 heteroatoms. The van der Waals surface area contributed by atoms with Crippen LogP contribution >= 0.6 is 0 Å². The average molecular weight is 318 g/mol. The molecule has 1 fully saturated rings. The van der Waals surface area contributed by atoms with Gasteiger partial charge in [-0.15, -0.1) is 0 Å². The van der Waals surface area contributed by atoms with Crippen molar-refractivity contribution in [3.8, 4) is 0 Å². The first-order valence-corrected chi connectivity index (χ1v) is 8.26. The van der Waals surface area contributed by atoms with E-state index in [-0.39, 0.29) is 24.9 Å². The minimum Gasteiger partial charge on any atom is -0.449 e. The summed E-state index contributed by atoms with van der Waals surface area (Å²) in [4.78, 5) is 35.5. The summed E-state index contributed by atoms with van der Waals surface area (Å²) in [5.41, 5.74) is 0. The van der Waals surface area contributed by atoms with Gasteiger partial charge in [-0.05, 0) is 43.4 Å². The van der Waals surface area contributed by atoms with Crippen LogP contribution in [0.2, 0.25) is 0 Å². The Hall–Kier alpha value is -2.11. The van der Waals surface area contributed by atoms with Gasteiger partial charge in [-0.2, -0.15) is 0 Å². The number of alkyl carbamates (subject to hydrolysis) is 1. The molecule has 6 nitrogen and oxygen atoms in total. The highest BCUT2D eigenvalue weighted by Crippen LogP contribution is 2.52. The summed E-state index contributed by atoms with van der Waals surface area (Å²) in [6.07, 6.45) is 11.1. The van der Waals surface area contributed by atoms with Gasteiger partial charge >= 0.3 is 6.09 Å². The van der Waals surface area contributed by atoms with Crippen LogP contribution in [0.25, 0.3) is 0 Å². The van der Waals surface area contributed by atoms with Crippen molar-refractivity contribution < 1.29 is 19.1 Å². The molecule has 3 rings (SSSR count). The van der Waals surface area contributed by atoms with Gasteiger partial charge in [0.05, 0.1) is 6.61 Å². The monoisotopic (exact) mass is 318 g/mol. The molecular formula is C17H22N2O4. The second-order valence-electron chi connectivity index (χ2n) is 6.30. The van der Waals surface area contributed by atoms with Gasteiger partial charge in [-0.25, -0.2) is 4.79 Å². The summed E-state index contributed by atoms with van der Waals surface area (Å²) < 4.78 is 5.28. The van der Waals surface area contributed by atoms with E-state index in [0.29, 0.717) is 24.4 Å². The number of carbonyl (C=O) groups excluding carboxylic acids is 3. The van der Waals surface area contributed by atoms with Crippen LogP contribution in [-0.4, -0.2) is 42.5 Å². The van der Waals surface area contributed by atoms with Crippen LogP contribution in [-0.2, 0) is 14.3 Å². The summed E-state index contributed by atoms with van der Waals surface area (Å²) in [6.45, 7) is 0.837. The van der Waals surface area contributed by atoms with E-state index in [9.17, 15) is 14.4 Å². The Morgan fingerprint density at radius 2 is 1.74 bits per heavy atom. The zero-order valence-electron chi connectivity index (χ0n) is 13.1. The van der Waals surface area contributed by atoms with Crippen LogP contribution in [0.15, 0.2) is 24.3 Å². The first-order valence-electron chi connectivity index (χ1n) is 8.26. The molecule has 3 aliphatic rings. The molecule has 0 radical (unpaired) electrons. The van der Waals surface area contributed by atoms with E-state index in [0.717, 1.165) is 17.7 Å². The maximum atomic E-state index is 11.7. The molecule has 1 heterocycles. The molecule has 1 N–H and O–H groups in total. The lowest BCUT2D eigenvalue weighted by Gasteiger charge is -2.14. The lowest BCUT2D eigenvalue weighted by molar-refractivity contribution is -0.136. The SMILES string of the molecule is O=C(NCCN1C(=O)C=CC1=O)OCC1[C@H]2CC/C=C\CC[C@@H]12. The van der Waals surface area contributed by atoms with Gasteiger partial charge in [-0.3, -0.25) is 14.5 Å². The minimum absolute atomic E-state index is 0.167. The zero-order valence-corrected chi connectivity index (χ0v) is 13.1. The van der Waals surface area contributed by atoms with Gasteiger partial charge in [0.15, 0.2) is 0 Å². The van der Waals surface area contributed by atoms with Gasteiger partial charge in [0.2, 0.25) is 0 Å². The molecule has 0 spiro atoms. The smallest absolute Gasteiger partial charge is 0.407 e. The Morgan fingerprint density at radius 3 is 2.35 bits per heavy atom. The lowest BCUT2D eigenvalue weighted by Crippen LogP contribution is -2.38. The highest BCUT2D eigenvalue weighted by atomic mass is 16.5. The zero-order chi connectivity index (χ0) is 16.2. The van der Waals surface area contributed by atoms with E-state index < -0.39 is 6.09 Å². The van der Waals surface area contributed by atoms with E-state index in [2.05, 4.69) is 17.5 Å². The summed E-state index contributed by atoms with van der Waals surface area (Å²) in [6, 6.07) is 0. The second-order valence-corrected chi connectivity index (χ2v) is 6.30. The number of hydrogen-bond acceptors (Lipinski definition) is 4. The average Bonchev–Trinajstić information content (AvgIpc) is 3.05. The van der Waals surface area contributed by atoms with E-state index in [1.165, 1.54) is 25.0 Å². The third-order valence-corrected chi connectivity index (χ3v) is 4.92. The molecule has 0 bridgehead atoms. The summed E-state index contributed by atoms with van der Waals surface area (Å²) in [5.74, 6) is 1.20. The standard InChI is InChI=1S/C17H22N2O4/c20-15-7-8-16(21)19(15)10-9-18-17(22)23-11-14-12-5-3-1-2-4-6-13(12)14/h1-2,7-8,12-14H,3-6,9-11H2,(H,18,22)/b2-1-/t12-,13+,14?. The molecule has 1 unspecified atom stereocenters. The van der Waals surface area contributed by atoms with E-state index >= 15 is 0 Å². The predicted molar refractivity (Wildman–Crippen MR) is 83.3 cm³/mol. The molecule has 1 saturated carbocycles. The molecule has 0 aromatic carbocycles. The molecule has 124 valence electrons. The van der Waals surface area contributed by atoms with Crippen molar-refractivity contribution in [1.82, 2.24) is 10.2 Å². The molecule has 3 atom stereocenters. The number of nitrogens with one attached hydrogen (secondary N) is 1. The quantitative estimate of drug-likeness (QED) is 0.617. The number of ether oxygens (including phenoxy) is 1. The van der Waals surface area contributed by atoms with Gasteiger partial charge in [0.1, 0.15) is 0 Å². The first kappa shape index (κ1) is 15.8. The van der Waals surface area contributed by atoms with Crippen LogP contribution in [0.3, 0.4) is 0 Å². The van der Waals surface area contributed by atoms with Crippen molar-refractivity contribution >= 4 is 17.9 Å². The van der Waals surface area contributed by atoms with Crippen LogP contribution in [0, 0.1) is 17.8 Å². The fourth-order valence-corrected chi connectivity index (χ4v) is 3.59. The van der Waals surface area contributed by atoms with Crippen molar-refractivity contribution in [3.63, 3.8) is 0 Å². The van der Waals surface area contributed by atoms with Crippen LogP contribution < -0.4 is 5.32 Å². The third kappa shape index (κ3) is 3.81. The fourth-order valence-electron chi connectivity index (χ4n) is 3.59. The molecule has 1 aliphatic heterocycles. The molecule has 0 saturated heterocycles. The number of imide groups is 1. The first-order chi connectivity index (χ1) is 11.2. The summed E-state index contributed by atoms with van der Waals surface area (Å²) >= 11 is 0. The summed E-state index contributed by atoms with van der Waals surface area (Å²) in [7, 11) is 0. The van der Waals surface area contributed by atoms with E-state index in [1.54, 1.807) is 0 Å². The third-order valence-electron chi connectivity index (χ3n) is 4.92. The fraction of sp³-hybridized carbons (Fsp3) is 0.588. The predicted octanol–water partition coefficient (Wildman–Crippen LogP) is 1.63. The normalized spacial score (nSPS) is 30.4. The number of rotatable bonds is 5. The molecule has 2 aliphatic carbocycles. The Morgan fingerprint density at radius 1 is 1.13 bits per heavy atom. The number of carbonyl (C=O) groups is 3. The molecule has 23 heavy (non-hydrogen) atoms. The van der Waals surface area contributed by atoms with Gasteiger partial charge in [-0.1, -0.05) is 12.2 Å². The Bertz CT molecular complexity index is 521. The molecule has 3 amide bonds. The lowest BCUT2D eigenvalue weighted by atomic mass is 10.1. The minimum atomic E-state index is -0.477.